The van der Waals surface area contributed by atoms with Crippen LogP contribution in [0.2, 0.25) is 0 Å². The monoisotopic (exact) mass is 268 g/mol. The van der Waals surface area contributed by atoms with Crippen LogP contribution in [0, 0.1) is 5.41 Å². The van der Waals surface area contributed by atoms with Gasteiger partial charge in [0, 0.05) is 17.4 Å². The maximum Gasteiger partial charge on any atom is 0.190 e. The number of guanidine groups is 1. The molecule has 0 saturated carbocycles. The van der Waals surface area contributed by atoms with E-state index in [1.54, 1.807) is 0 Å². The van der Waals surface area contributed by atoms with Gasteiger partial charge in [0.05, 0.1) is 0 Å². The molecule has 0 atom stereocenters. The van der Waals surface area contributed by atoms with Gasteiger partial charge in [-0.15, -0.1) is 0 Å². The third kappa shape index (κ3) is 3.75. The first-order chi connectivity index (χ1) is 9.54. The van der Waals surface area contributed by atoms with Crippen molar-refractivity contribution in [1.82, 2.24) is 0 Å². The van der Waals surface area contributed by atoms with Crippen molar-refractivity contribution in [2.24, 2.45) is 5.73 Å². The van der Waals surface area contributed by atoms with Gasteiger partial charge in [-0.25, -0.2) is 0 Å². The predicted molar refractivity (Wildman–Crippen MR) is 86.2 cm³/mol. The van der Waals surface area contributed by atoms with Crippen molar-refractivity contribution in [3.05, 3.63) is 48.5 Å². The molecular weight excluding hydrogens is 248 g/mol. The summed E-state index contributed by atoms with van der Waals surface area (Å²) in [7, 11) is 0. The Labute approximate surface area is 119 Å². The largest absolute Gasteiger partial charge is 0.383 e. The lowest BCUT2D eigenvalue weighted by molar-refractivity contribution is 0.900. The maximum absolute atomic E-state index is 7.19. The highest BCUT2D eigenvalue weighted by molar-refractivity contribution is 5.90. The minimum Gasteiger partial charge on any atom is -0.383 e. The average Bonchev–Trinajstić information content (AvgIpc) is 2.39. The summed E-state index contributed by atoms with van der Waals surface area (Å²) in [6, 6.07) is 16.6. The lowest BCUT2D eigenvalue weighted by Crippen LogP contribution is -2.20. The normalized spacial score (nSPS) is 10.3. The Kier molecular flexibility index (Phi) is 4.25. The molecule has 0 fully saturated rings. The number of nitrogens with one attached hydrogen (secondary N) is 3. The van der Waals surface area contributed by atoms with E-state index in [1.807, 2.05) is 24.3 Å². The van der Waals surface area contributed by atoms with Crippen LogP contribution >= 0.6 is 0 Å². The van der Waals surface area contributed by atoms with Crippen molar-refractivity contribution in [3.8, 4) is 11.1 Å². The molecule has 2 aromatic carbocycles. The van der Waals surface area contributed by atoms with Gasteiger partial charge in [-0.05, 0) is 49.2 Å². The molecule has 4 nitrogen and oxygen atoms in total. The maximum atomic E-state index is 7.19. The van der Waals surface area contributed by atoms with Gasteiger partial charge in [0.25, 0.3) is 0 Å². The molecule has 2 rings (SSSR count). The smallest absolute Gasteiger partial charge is 0.190 e. The zero-order chi connectivity index (χ0) is 14.5. The molecular formula is C16H20N4. The molecule has 0 aliphatic carbocycles. The molecule has 0 aromatic heterocycles. The summed E-state index contributed by atoms with van der Waals surface area (Å²) in [6.45, 7) is 4.24. The van der Waals surface area contributed by atoms with Crippen LogP contribution in [-0.2, 0) is 0 Å². The fraction of sp³-hybridized carbons (Fsp3) is 0.188. The molecule has 0 amide bonds. The standard InChI is InChI=1S/C16H20N4/c1-11(2)19-14-7-3-12(4-8-14)13-5-9-15(10-6-13)20-16(17)18/h3-11,19H,1-2H3,(H4,17,18,20). The molecule has 0 aliphatic heterocycles. The summed E-state index contributed by atoms with van der Waals surface area (Å²) >= 11 is 0. The van der Waals surface area contributed by atoms with Crippen LogP contribution in [-0.4, -0.2) is 12.0 Å². The summed E-state index contributed by atoms with van der Waals surface area (Å²) in [4.78, 5) is 0. The van der Waals surface area contributed by atoms with E-state index in [0.717, 1.165) is 22.5 Å². The number of hydrogen-bond donors (Lipinski definition) is 4. The highest BCUT2D eigenvalue weighted by Crippen LogP contribution is 2.23. The van der Waals surface area contributed by atoms with E-state index in [9.17, 15) is 0 Å². The first kappa shape index (κ1) is 13.9. The summed E-state index contributed by atoms with van der Waals surface area (Å²) in [6.07, 6.45) is 0. The molecule has 0 saturated heterocycles. The van der Waals surface area contributed by atoms with Crippen LogP contribution in [0.4, 0.5) is 11.4 Å². The van der Waals surface area contributed by atoms with E-state index >= 15 is 0 Å². The minimum absolute atomic E-state index is 0.0538. The van der Waals surface area contributed by atoms with Crippen molar-refractivity contribution in [2.45, 2.75) is 19.9 Å². The van der Waals surface area contributed by atoms with Crippen molar-refractivity contribution in [1.29, 1.82) is 5.41 Å². The molecule has 5 N–H and O–H groups in total. The Morgan fingerprint density at radius 2 is 1.35 bits per heavy atom. The van der Waals surface area contributed by atoms with Gasteiger partial charge in [-0.1, -0.05) is 24.3 Å². The predicted octanol–water partition coefficient (Wildman–Crippen LogP) is 3.48. The summed E-state index contributed by atoms with van der Waals surface area (Å²) in [5.41, 5.74) is 9.53. The van der Waals surface area contributed by atoms with Gasteiger partial charge in [0.1, 0.15) is 0 Å². The summed E-state index contributed by atoms with van der Waals surface area (Å²) in [5, 5.41) is 13.3. The Morgan fingerprint density at radius 1 is 0.900 bits per heavy atom. The Balaban J connectivity index is 2.13. The van der Waals surface area contributed by atoms with Crippen LogP contribution in [0.3, 0.4) is 0 Å². The summed E-state index contributed by atoms with van der Waals surface area (Å²) in [5.74, 6) is -0.0538. The van der Waals surface area contributed by atoms with Gasteiger partial charge in [-0.2, -0.15) is 0 Å². The Bertz CT molecular complexity index is 570. The second kappa shape index (κ2) is 6.10. The highest BCUT2D eigenvalue weighted by atomic mass is 15.0. The second-order valence-electron chi connectivity index (χ2n) is 4.99. The molecule has 4 heteroatoms. The van der Waals surface area contributed by atoms with Crippen molar-refractivity contribution in [2.75, 3.05) is 10.6 Å². The van der Waals surface area contributed by atoms with E-state index in [1.165, 1.54) is 0 Å². The van der Waals surface area contributed by atoms with Crippen LogP contribution in [0.1, 0.15) is 13.8 Å². The van der Waals surface area contributed by atoms with E-state index in [-0.39, 0.29) is 5.96 Å². The third-order valence-electron chi connectivity index (χ3n) is 2.84. The van der Waals surface area contributed by atoms with Crippen LogP contribution < -0.4 is 16.4 Å². The molecule has 104 valence electrons. The fourth-order valence-electron chi connectivity index (χ4n) is 1.99. The van der Waals surface area contributed by atoms with E-state index < -0.39 is 0 Å². The van der Waals surface area contributed by atoms with Crippen LogP contribution in [0.15, 0.2) is 48.5 Å². The molecule has 0 heterocycles. The van der Waals surface area contributed by atoms with Crippen molar-refractivity contribution < 1.29 is 0 Å². The molecule has 0 spiro atoms. The van der Waals surface area contributed by atoms with E-state index in [2.05, 4.69) is 48.7 Å². The van der Waals surface area contributed by atoms with Gasteiger partial charge in [0.15, 0.2) is 5.96 Å². The number of anilines is 2. The lowest BCUT2D eigenvalue weighted by Gasteiger charge is -2.11. The van der Waals surface area contributed by atoms with Crippen molar-refractivity contribution >= 4 is 17.3 Å². The summed E-state index contributed by atoms with van der Waals surface area (Å²) < 4.78 is 0. The average molecular weight is 268 g/mol. The first-order valence-corrected chi connectivity index (χ1v) is 6.62. The topological polar surface area (TPSA) is 73.9 Å². The minimum atomic E-state index is -0.0538. The zero-order valence-corrected chi connectivity index (χ0v) is 11.8. The third-order valence-corrected chi connectivity index (χ3v) is 2.84. The van der Waals surface area contributed by atoms with E-state index in [0.29, 0.717) is 6.04 Å². The molecule has 2 aromatic rings. The molecule has 0 bridgehead atoms. The number of benzene rings is 2. The second-order valence-corrected chi connectivity index (χ2v) is 4.99. The van der Waals surface area contributed by atoms with Gasteiger partial charge < -0.3 is 16.4 Å². The molecule has 0 aliphatic rings. The molecule has 20 heavy (non-hydrogen) atoms. The Hall–Kier alpha value is -2.49. The Morgan fingerprint density at radius 3 is 1.75 bits per heavy atom. The molecule has 0 unspecified atom stereocenters. The molecule has 0 radical (unpaired) electrons. The number of rotatable bonds is 4. The van der Waals surface area contributed by atoms with Crippen LogP contribution in [0.5, 0.6) is 0 Å². The highest BCUT2D eigenvalue weighted by Gasteiger charge is 2.00. The number of hydrogen-bond acceptors (Lipinski definition) is 2. The SMILES string of the molecule is CC(C)Nc1ccc(-c2ccc(NC(=N)N)cc2)cc1. The van der Waals surface area contributed by atoms with E-state index in [4.69, 9.17) is 11.1 Å². The van der Waals surface area contributed by atoms with Crippen LogP contribution in [0.25, 0.3) is 11.1 Å². The van der Waals surface area contributed by atoms with Gasteiger partial charge in [0.2, 0.25) is 0 Å². The van der Waals surface area contributed by atoms with Gasteiger partial charge in [-0.3, -0.25) is 5.41 Å². The van der Waals surface area contributed by atoms with Gasteiger partial charge >= 0.3 is 0 Å². The fourth-order valence-corrected chi connectivity index (χ4v) is 1.99. The number of nitrogens with two attached hydrogens (primary N) is 1. The van der Waals surface area contributed by atoms with Crippen molar-refractivity contribution in [3.63, 3.8) is 0 Å². The quantitative estimate of drug-likeness (QED) is 0.506. The zero-order valence-electron chi connectivity index (χ0n) is 11.8. The first-order valence-electron chi connectivity index (χ1n) is 6.62. The lowest BCUT2D eigenvalue weighted by atomic mass is 10.0.